The first-order valence-electron chi connectivity index (χ1n) is 7.23. The molecule has 110 valence electrons. The molecule has 0 saturated heterocycles. The number of nitrogens with zero attached hydrogens (tertiary/aromatic N) is 2. The largest absolute Gasteiger partial charge is 0.348 e. The Morgan fingerprint density at radius 2 is 2.10 bits per heavy atom. The molecule has 3 unspecified atom stereocenters. The summed E-state index contributed by atoms with van der Waals surface area (Å²) in [6.07, 6.45) is 3.69. The van der Waals surface area contributed by atoms with Crippen LogP contribution >= 0.6 is 11.6 Å². The number of nitrogens with one attached hydrogen (secondary N) is 1. The maximum absolute atomic E-state index is 12.4. The van der Waals surface area contributed by atoms with E-state index < -0.39 is 0 Å². The van der Waals surface area contributed by atoms with Crippen LogP contribution in [-0.2, 0) is 0 Å². The van der Waals surface area contributed by atoms with Gasteiger partial charge in [-0.3, -0.25) is 4.79 Å². The summed E-state index contributed by atoms with van der Waals surface area (Å²) < 4.78 is 0. The fourth-order valence-corrected chi connectivity index (χ4v) is 2.80. The monoisotopic (exact) mass is 295 g/mol. The minimum Gasteiger partial charge on any atom is -0.348 e. The molecule has 1 aliphatic carbocycles. The predicted octanol–water partition coefficient (Wildman–Crippen LogP) is 3.42. The lowest BCUT2D eigenvalue weighted by Gasteiger charge is -2.19. The Morgan fingerprint density at radius 3 is 2.65 bits per heavy atom. The molecule has 1 heterocycles. The zero-order chi connectivity index (χ0) is 14.9. The van der Waals surface area contributed by atoms with Crippen LogP contribution in [0.15, 0.2) is 6.20 Å². The van der Waals surface area contributed by atoms with Gasteiger partial charge in [-0.25, -0.2) is 9.97 Å². The molecule has 1 aromatic heterocycles. The first-order valence-corrected chi connectivity index (χ1v) is 7.61. The Labute approximate surface area is 125 Å². The van der Waals surface area contributed by atoms with Gasteiger partial charge >= 0.3 is 0 Å². The van der Waals surface area contributed by atoms with Gasteiger partial charge in [-0.15, -0.1) is 0 Å². The Kier molecular flexibility index (Phi) is 4.63. The summed E-state index contributed by atoms with van der Waals surface area (Å²) in [4.78, 5) is 20.8. The number of amides is 1. The summed E-state index contributed by atoms with van der Waals surface area (Å²) in [5.41, 5.74) is 0.289. The van der Waals surface area contributed by atoms with E-state index in [1.165, 1.54) is 6.20 Å². The first kappa shape index (κ1) is 15.2. The van der Waals surface area contributed by atoms with Crippen LogP contribution in [-0.4, -0.2) is 21.9 Å². The molecule has 1 aliphatic rings. The maximum Gasteiger partial charge on any atom is 0.271 e. The SMILES string of the molecule is CC(C)c1ncc(Cl)c(C(=O)NC2CCC(C)C2C)n1. The zero-order valence-electron chi connectivity index (χ0n) is 12.5. The van der Waals surface area contributed by atoms with Crippen LogP contribution in [0.5, 0.6) is 0 Å². The van der Waals surface area contributed by atoms with E-state index >= 15 is 0 Å². The van der Waals surface area contributed by atoms with Gasteiger partial charge in [-0.2, -0.15) is 0 Å². The molecule has 1 saturated carbocycles. The lowest BCUT2D eigenvalue weighted by atomic mass is 9.98. The van der Waals surface area contributed by atoms with Crippen LogP contribution in [0.2, 0.25) is 5.02 Å². The molecule has 2 rings (SSSR count). The number of aromatic nitrogens is 2. The highest BCUT2D eigenvalue weighted by Crippen LogP contribution is 2.31. The molecule has 0 radical (unpaired) electrons. The van der Waals surface area contributed by atoms with Crippen LogP contribution in [0.4, 0.5) is 0 Å². The second-order valence-corrected chi connectivity index (χ2v) is 6.48. The van der Waals surface area contributed by atoms with Gasteiger partial charge < -0.3 is 5.32 Å². The van der Waals surface area contributed by atoms with Crippen molar-refractivity contribution in [2.45, 2.75) is 52.5 Å². The van der Waals surface area contributed by atoms with Gasteiger partial charge in [-0.1, -0.05) is 39.3 Å². The normalized spacial score (nSPS) is 26.0. The van der Waals surface area contributed by atoms with E-state index in [1.54, 1.807) is 0 Å². The van der Waals surface area contributed by atoms with Crippen LogP contribution < -0.4 is 5.32 Å². The third-order valence-electron chi connectivity index (χ3n) is 4.28. The molecular formula is C15H22ClN3O. The molecule has 5 heteroatoms. The van der Waals surface area contributed by atoms with E-state index in [1.807, 2.05) is 13.8 Å². The molecule has 0 spiro atoms. The van der Waals surface area contributed by atoms with Crippen molar-refractivity contribution < 1.29 is 4.79 Å². The summed E-state index contributed by atoms with van der Waals surface area (Å²) in [6.45, 7) is 8.40. The molecule has 0 aliphatic heterocycles. The minimum atomic E-state index is -0.190. The molecule has 20 heavy (non-hydrogen) atoms. The van der Waals surface area contributed by atoms with Gasteiger partial charge in [0.2, 0.25) is 0 Å². The minimum absolute atomic E-state index is 0.171. The average molecular weight is 296 g/mol. The number of halogens is 1. The van der Waals surface area contributed by atoms with E-state index in [0.29, 0.717) is 22.7 Å². The number of hydrogen-bond donors (Lipinski definition) is 1. The van der Waals surface area contributed by atoms with Crippen molar-refractivity contribution in [2.75, 3.05) is 0 Å². The Bertz CT molecular complexity index is 504. The van der Waals surface area contributed by atoms with Gasteiger partial charge in [0.15, 0.2) is 0 Å². The van der Waals surface area contributed by atoms with E-state index in [4.69, 9.17) is 11.6 Å². The lowest BCUT2D eigenvalue weighted by Crippen LogP contribution is -2.38. The summed E-state index contributed by atoms with van der Waals surface area (Å²) in [5, 5.41) is 3.38. The zero-order valence-corrected chi connectivity index (χ0v) is 13.2. The molecular weight excluding hydrogens is 274 g/mol. The highest BCUT2D eigenvalue weighted by atomic mass is 35.5. The summed E-state index contributed by atoms with van der Waals surface area (Å²) in [7, 11) is 0. The van der Waals surface area contributed by atoms with Gasteiger partial charge in [0.1, 0.15) is 11.5 Å². The van der Waals surface area contributed by atoms with Crippen molar-refractivity contribution >= 4 is 17.5 Å². The highest BCUT2D eigenvalue weighted by molar-refractivity contribution is 6.33. The van der Waals surface area contributed by atoms with E-state index in [-0.39, 0.29) is 23.6 Å². The molecule has 4 nitrogen and oxygen atoms in total. The van der Waals surface area contributed by atoms with Gasteiger partial charge in [-0.05, 0) is 24.7 Å². The predicted molar refractivity (Wildman–Crippen MR) is 79.9 cm³/mol. The van der Waals surface area contributed by atoms with Gasteiger partial charge in [0.05, 0.1) is 11.2 Å². The standard InChI is InChI=1S/C15H22ClN3O/c1-8(2)14-17-7-11(16)13(19-14)15(20)18-12-6-5-9(3)10(12)4/h7-10,12H,5-6H2,1-4H3,(H,18,20). The van der Waals surface area contributed by atoms with Crippen LogP contribution in [0.25, 0.3) is 0 Å². The molecule has 0 bridgehead atoms. The van der Waals surface area contributed by atoms with E-state index in [0.717, 1.165) is 12.8 Å². The quantitative estimate of drug-likeness (QED) is 0.929. The molecule has 1 aromatic rings. The van der Waals surface area contributed by atoms with E-state index in [9.17, 15) is 4.79 Å². The van der Waals surface area contributed by atoms with Crippen molar-refractivity contribution in [2.24, 2.45) is 11.8 Å². The highest BCUT2D eigenvalue weighted by Gasteiger charge is 2.31. The number of hydrogen-bond acceptors (Lipinski definition) is 3. The second-order valence-electron chi connectivity index (χ2n) is 6.07. The number of rotatable bonds is 3. The van der Waals surface area contributed by atoms with Crippen LogP contribution in [0.3, 0.4) is 0 Å². The third-order valence-corrected chi connectivity index (χ3v) is 4.55. The van der Waals surface area contributed by atoms with Crippen LogP contribution in [0, 0.1) is 11.8 Å². The summed E-state index contributed by atoms with van der Waals surface area (Å²) in [6, 6.07) is 0.214. The van der Waals surface area contributed by atoms with E-state index in [2.05, 4.69) is 29.1 Å². The molecule has 1 fully saturated rings. The smallest absolute Gasteiger partial charge is 0.271 e. The topological polar surface area (TPSA) is 54.9 Å². The fourth-order valence-electron chi connectivity index (χ4n) is 2.62. The lowest BCUT2D eigenvalue weighted by molar-refractivity contribution is 0.0922. The van der Waals surface area contributed by atoms with Crippen molar-refractivity contribution in [1.82, 2.24) is 15.3 Å². The molecule has 0 aromatic carbocycles. The first-order chi connectivity index (χ1) is 9.40. The van der Waals surface area contributed by atoms with Crippen molar-refractivity contribution in [3.63, 3.8) is 0 Å². The molecule has 3 atom stereocenters. The van der Waals surface area contributed by atoms with Crippen LogP contribution in [0.1, 0.15) is 62.8 Å². The van der Waals surface area contributed by atoms with Crippen molar-refractivity contribution in [3.8, 4) is 0 Å². The summed E-state index contributed by atoms with van der Waals surface area (Å²) in [5.74, 6) is 1.76. The fraction of sp³-hybridized carbons (Fsp3) is 0.667. The summed E-state index contributed by atoms with van der Waals surface area (Å²) >= 11 is 6.06. The average Bonchev–Trinajstić information content (AvgIpc) is 2.71. The van der Waals surface area contributed by atoms with Gasteiger partial charge in [0, 0.05) is 12.0 Å². The van der Waals surface area contributed by atoms with Crippen molar-refractivity contribution in [1.29, 1.82) is 0 Å². The van der Waals surface area contributed by atoms with Gasteiger partial charge in [0.25, 0.3) is 5.91 Å². The molecule has 1 N–H and O–H groups in total. The van der Waals surface area contributed by atoms with Crippen molar-refractivity contribution in [3.05, 3.63) is 22.7 Å². The third kappa shape index (κ3) is 3.11. The Balaban J connectivity index is 2.15. The Hall–Kier alpha value is -1.16. The molecule has 1 amide bonds. The Morgan fingerprint density at radius 1 is 1.40 bits per heavy atom. The second kappa shape index (κ2) is 6.08. The number of carbonyl (C=O) groups is 1. The maximum atomic E-state index is 12.4. The number of carbonyl (C=O) groups excluding carboxylic acids is 1.